The average Bonchev–Trinajstić information content (AvgIpc) is 2.85. The highest BCUT2D eigenvalue weighted by atomic mass is 79.9. The van der Waals surface area contributed by atoms with Crippen LogP contribution in [0.25, 0.3) is 39.3 Å². The molecule has 0 atom stereocenters. The summed E-state index contributed by atoms with van der Waals surface area (Å²) in [5.74, 6) is -0.129. The Kier molecular flexibility index (Phi) is 5.99. The topological polar surface area (TPSA) is 26.9 Å². The van der Waals surface area contributed by atoms with E-state index >= 15 is 0 Å². The normalized spacial score (nSPS) is 10.8. The molecule has 0 radical (unpaired) electrons. The second-order valence-electron chi connectivity index (χ2n) is 7.70. The van der Waals surface area contributed by atoms with Crippen LogP contribution in [0.5, 0.6) is 5.75 Å². The number of halogens is 2. The van der Waals surface area contributed by atoms with E-state index in [2.05, 4.69) is 64.5 Å². The number of nitrogens with zero attached hydrogens (tertiary/aromatic N) is 1. The van der Waals surface area contributed by atoms with Gasteiger partial charge in [-0.3, -0.25) is 0 Å². The minimum absolute atomic E-state index is 0.129. The van der Waals surface area contributed by atoms with Crippen LogP contribution in [-0.4, -0.2) is 0 Å². The number of rotatable bonds is 4. The number of hydrogen-bond acceptors (Lipinski definition) is 1. The second kappa shape index (κ2) is 9.22. The van der Waals surface area contributed by atoms with Gasteiger partial charge in [0.2, 0.25) is 17.1 Å². The highest BCUT2D eigenvalue weighted by Crippen LogP contribution is 2.32. The Balaban J connectivity index is 1.89. The van der Waals surface area contributed by atoms with Crippen molar-refractivity contribution >= 4 is 27.5 Å². The first-order valence-electron chi connectivity index (χ1n) is 10.5. The molecule has 4 heteroatoms. The molecule has 5 rings (SSSR count). The van der Waals surface area contributed by atoms with Crippen LogP contribution in [-0.2, 0) is 0 Å². The lowest BCUT2D eigenvalue weighted by Crippen LogP contribution is -2.37. The molecule has 0 aliphatic heterocycles. The predicted octanol–water partition coefficient (Wildman–Crippen LogP) is 7.45. The van der Waals surface area contributed by atoms with E-state index in [-0.39, 0.29) is 5.75 Å². The molecule has 33 heavy (non-hydrogen) atoms. The summed E-state index contributed by atoms with van der Waals surface area (Å²) in [4.78, 5) is 0. The van der Waals surface area contributed by atoms with E-state index in [4.69, 9.17) is 11.6 Å². The van der Waals surface area contributed by atoms with Gasteiger partial charge in [0.1, 0.15) is 0 Å². The Hall–Kier alpha value is -3.40. The summed E-state index contributed by atoms with van der Waals surface area (Å²) in [6, 6.07) is 37.8. The number of hydrogen-bond donors (Lipinski definition) is 0. The summed E-state index contributed by atoms with van der Waals surface area (Å²) in [5.41, 5.74) is 6.60. The molecule has 0 bridgehead atoms. The summed E-state index contributed by atoms with van der Waals surface area (Å²) in [7, 11) is 0. The van der Waals surface area contributed by atoms with Crippen molar-refractivity contribution in [2.24, 2.45) is 0 Å². The van der Waals surface area contributed by atoms with Gasteiger partial charge in [-0.25, -0.2) is 0 Å². The number of benzene rings is 4. The van der Waals surface area contributed by atoms with E-state index in [1.54, 1.807) is 12.1 Å². The van der Waals surface area contributed by atoms with Crippen molar-refractivity contribution in [2.45, 2.75) is 0 Å². The highest BCUT2D eigenvalue weighted by Gasteiger charge is 2.25. The van der Waals surface area contributed by atoms with Crippen molar-refractivity contribution in [3.63, 3.8) is 0 Å². The summed E-state index contributed by atoms with van der Waals surface area (Å²) in [5, 5.41) is 13.5. The summed E-state index contributed by atoms with van der Waals surface area (Å²) in [6.07, 6.45) is 0. The fourth-order valence-corrected chi connectivity index (χ4v) is 4.41. The molecule has 0 amide bonds. The minimum atomic E-state index is -0.129. The molecule has 160 valence electrons. The molecule has 0 saturated heterocycles. The standard InChI is InChI=1S/C29H19BrClNO/c30-24-13-11-22(12-14-24)28-18-23(20-7-3-1-4-8-20)17-27(21-9-5-2-6-10-21)32(28)26-16-15-25(31)19-29(26)33/h1-19H. The van der Waals surface area contributed by atoms with E-state index in [1.807, 2.05) is 53.1 Å². The highest BCUT2D eigenvalue weighted by molar-refractivity contribution is 9.10. The van der Waals surface area contributed by atoms with Gasteiger partial charge < -0.3 is 5.11 Å². The van der Waals surface area contributed by atoms with Crippen molar-refractivity contribution in [3.8, 4) is 45.1 Å². The van der Waals surface area contributed by atoms with Crippen LogP contribution in [0.2, 0.25) is 5.02 Å². The lowest BCUT2D eigenvalue weighted by Gasteiger charge is -2.16. The molecule has 2 nitrogen and oxygen atoms in total. The van der Waals surface area contributed by atoms with E-state index in [0.29, 0.717) is 10.7 Å². The van der Waals surface area contributed by atoms with E-state index < -0.39 is 0 Å². The molecule has 5 aromatic rings. The van der Waals surface area contributed by atoms with E-state index in [1.165, 1.54) is 6.07 Å². The van der Waals surface area contributed by atoms with Crippen molar-refractivity contribution in [1.82, 2.24) is 0 Å². The largest absolute Gasteiger partial charge is 0.868 e. The van der Waals surface area contributed by atoms with Crippen LogP contribution in [0.4, 0.5) is 0 Å². The van der Waals surface area contributed by atoms with Gasteiger partial charge in [-0.1, -0.05) is 76.1 Å². The van der Waals surface area contributed by atoms with E-state index in [9.17, 15) is 5.11 Å². The molecule has 0 aliphatic rings. The van der Waals surface area contributed by atoms with E-state index in [0.717, 1.165) is 38.1 Å². The van der Waals surface area contributed by atoms with Crippen molar-refractivity contribution in [1.29, 1.82) is 0 Å². The smallest absolute Gasteiger partial charge is 0.219 e. The molecular weight excluding hydrogens is 494 g/mol. The molecule has 0 fully saturated rings. The Morgan fingerprint density at radius 1 is 0.576 bits per heavy atom. The van der Waals surface area contributed by atoms with Crippen LogP contribution in [0.15, 0.2) is 120 Å². The first kappa shape index (κ1) is 21.4. The summed E-state index contributed by atoms with van der Waals surface area (Å²) in [6.45, 7) is 0. The summed E-state index contributed by atoms with van der Waals surface area (Å²) < 4.78 is 3.03. The molecule has 1 heterocycles. The Bertz CT molecular complexity index is 1420. The monoisotopic (exact) mass is 511 g/mol. The Labute approximate surface area is 206 Å². The van der Waals surface area contributed by atoms with Gasteiger partial charge in [0.15, 0.2) is 0 Å². The molecule has 4 aromatic carbocycles. The van der Waals surface area contributed by atoms with Crippen molar-refractivity contribution < 1.29 is 9.67 Å². The lowest BCUT2D eigenvalue weighted by molar-refractivity contribution is -0.576. The second-order valence-corrected chi connectivity index (χ2v) is 9.05. The first-order valence-corrected chi connectivity index (χ1v) is 11.7. The fourth-order valence-electron chi connectivity index (χ4n) is 3.98. The Morgan fingerprint density at radius 3 is 1.70 bits per heavy atom. The fraction of sp³-hybridized carbons (Fsp3) is 0. The van der Waals surface area contributed by atoms with Gasteiger partial charge in [0.25, 0.3) is 0 Å². The molecule has 0 spiro atoms. The van der Waals surface area contributed by atoms with Gasteiger partial charge in [-0.2, -0.15) is 4.57 Å². The van der Waals surface area contributed by atoms with Gasteiger partial charge >= 0.3 is 0 Å². The van der Waals surface area contributed by atoms with Crippen LogP contribution >= 0.6 is 27.5 Å². The third kappa shape index (κ3) is 4.43. The zero-order chi connectivity index (χ0) is 22.8. The third-order valence-electron chi connectivity index (χ3n) is 5.55. The molecular formula is C29H19BrClNO. The van der Waals surface area contributed by atoms with Crippen LogP contribution < -0.4 is 9.67 Å². The maximum atomic E-state index is 13.1. The van der Waals surface area contributed by atoms with Crippen LogP contribution in [0.3, 0.4) is 0 Å². The number of pyridine rings is 1. The van der Waals surface area contributed by atoms with Crippen LogP contribution in [0, 0.1) is 0 Å². The van der Waals surface area contributed by atoms with Gasteiger partial charge in [-0.15, -0.1) is 0 Å². The van der Waals surface area contributed by atoms with Crippen molar-refractivity contribution in [2.75, 3.05) is 0 Å². The third-order valence-corrected chi connectivity index (χ3v) is 6.31. The Morgan fingerprint density at radius 2 is 1.12 bits per heavy atom. The first-order chi connectivity index (χ1) is 16.1. The van der Waals surface area contributed by atoms with Gasteiger partial charge in [-0.05, 0) is 65.4 Å². The average molecular weight is 513 g/mol. The SMILES string of the molecule is [O-]c1cc(Cl)ccc1-[n+]1c(-c2ccccc2)cc(-c2ccccc2)cc1-c1ccc(Br)cc1. The lowest BCUT2D eigenvalue weighted by atomic mass is 9.98. The molecule has 0 unspecified atom stereocenters. The zero-order valence-corrected chi connectivity index (χ0v) is 19.9. The van der Waals surface area contributed by atoms with Crippen molar-refractivity contribution in [3.05, 3.63) is 125 Å². The van der Waals surface area contributed by atoms with Gasteiger partial charge in [0, 0.05) is 38.8 Å². The van der Waals surface area contributed by atoms with Crippen LogP contribution in [0.1, 0.15) is 0 Å². The maximum Gasteiger partial charge on any atom is 0.219 e. The molecule has 0 saturated carbocycles. The molecule has 0 aliphatic carbocycles. The molecule has 0 N–H and O–H groups in total. The van der Waals surface area contributed by atoms with Gasteiger partial charge in [0.05, 0.1) is 0 Å². The summed E-state index contributed by atoms with van der Waals surface area (Å²) >= 11 is 9.66. The molecule has 1 aromatic heterocycles. The number of aromatic nitrogens is 1. The minimum Gasteiger partial charge on any atom is -0.868 e. The zero-order valence-electron chi connectivity index (χ0n) is 17.6. The maximum absolute atomic E-state index is 13.1. The quantitative estimate of drug-likeness (QED) is 0.230. The predicted molar refractivity (Wildman–Crippen MR) is 136 cm³/mol.